The van der Waals surface area contributed by atoms with Gasteiger partial charge in [-0.25, -0.2) is 0 Å². The SMILES string of the molecule is C[N+](C)(C)c1ccccc1-c1cc2cc(C(F)(F)F)[nH]c2cc1Cl.Cl. The highest BCUT2D eigenvalue weighted by Gasteiger charge is 2.32. The van der Waals surface area contributed by atoms with Gasteiger partial charge in [-0.1, -0.05) is 23.7 Å². The fourth-order valence-corrected chi connectivity index (χ4v) is 3.07. The third-order valence-electron chi connectivity index (χ3n) is 3.93. The molecule has 7 heteroatoms. The van der Waals surface area contributed by atoms with E-state index in [4.69, 9.17) is 11.6 Å². The average molecular weight is 390 g/mol. The maximum Gasteiger partial charge on any atom is 0.431 e. The summed E-state index contributed by atoms with van der Waals surface area (Å²) in [5, 5.41) is 0.900. The molecule has 0 amide bonds. The molecule has 0 spiro atoms. The molecule has 2 nitrogen and oxygen atoms in total. The van der Waals surface area contributed by atoms with Crippen molar-refractivity contribution in [2.75, 3.05) is 21.1 Å². The Morgan fingerprint density at radius 3 is 2.20 bits per heavy atom. The van der Waals surface area contributed by atoms with Crippen molar-refractivity contribution >= 4 is 40.6 Å². The molecule has 3 rings (SSSR count). The highest BCUT2D eigenvalue weighted by atomic mass is 35.5. The van der Waals surface area contributed by atoms with Gasteiger partial charge in [-0.3, -0.25) is 4.48 Å². The number of rotatable bonds is 2. The summed E-state index contributed by atoms with van der Waals surface area (Å²) in [6.45, 7) is 0. The predicted molar refractivity (Wildman–Crippen MR) is 101 cm³/mol. The van der Waals surface area contributed by atoms with Gasteiger partial charge in [0.15, 0.2) is 0 Å². The molecule has 134 valence electrons. The van der Waals surface area contributed by atoms with Gasteiger partial charge >= 0.3 is 6.18 Å². The Morgan fingerprint density at radius 1 is 0.960 bits per heavy atom. The summed E-state index contributed by atoms with van der Waals surface area (Å²) in [5.74, 6) is 0. The van der Waals surface area contributed by atoms with Crippen molar-refractivity contribution in [1.82, 2.24) is 9.47 Å². The number of aromatic amines is 1. The zero-order valence-corrected chi connectivity index (χ0v) is 15.5. The van der Waals surface area contributed by atoms with Crippen molar-refractivity contribution in [3.05, 3.63) is 53.2 Å². The van der Waals surface area contributed by atoms with Gasteiger partial charge in [0, 0.05) is 22.0 Å². The van der Waals surface area contributed by atoms with Crippen molar-refractivity contribution in [1.29, 1.82) is 0 Å². The molecule has 0 radical (unpaired) electrons. The first kappa shape index (κ1) is 19.6. The van der Waals surface area contributed by atoms with Crippen LogP contribution in [0.25, 0.3) is 22.0 Å². The Bertz CT molecular complexity index is 909. The number of halogens is 5. The fourth-order valence-electron chi connectivity index (χ4n) is 2.80. The van der Waals surface area contributed by atoms with Crippen molar-refractivity contribution < 1.29 is 13.2 Å². The quantitative estimate of drug-likeness (QED) is 0.507. The molecular weight excluding hydrogens is 372 g/mol. The number of fused-ring (bicyclic) bond motifs is 1. The van der Waals surface area contributed by atoms with Gasteiger partial charge in [0.05, 0.1) is 26.2 Å². The zero-order valence-electron chi connectivity index (χ0n) is 13.9. The van der Waals surface area contributed by atoms with E-state index in [9.17, 15) is 13.2 Å². The molecule has 0 aliphatic rings. The maximum atomic E-state index is 12.9. The lowest BCUT2D eigenvalue weighted by Crippen LogP contribution is -2.35. The summed E-state index contributed by atoms with van der Waals surface area (Å²) in [6.07, 6.45) is -4.41. The van der Waals surface area contributed by atoms with Gasteiger partial charge in [0.1, 0.15) is 11.4 Å². The lowest BCUT2D eigenvalue weighted by Gasteiger charge is -2.26. The number of benzene rings is 2. The lowest BCUT2D eigenvalue weighted by molar-refractivity contribution is -0.140. The first-order valence-corrected chi connectivity index (χ1v) is 7.76. The van der Waals surface area contributed by atoms with Crippen LogP contribution < -0.4 is 4.48 Å². The normalized spacial score (nSPS) is 12.3. The lowest BCUT2D eigenvalue weighted by atomic mass is 10.0. The highest BCUT2D eigenvalue weighted by Crippen LogP contribution is 2.40. The van der Waals surface area contributed by atoms with Crippen LogP contribution >= 0.6 is 24.0 Å². The minimum absolute atomic E-state index is 0. The molecule has 0 saturated heterocycles. The molecule has 0 unspecified atom stereocenters. The van der Waals surface area contributed by atoms with Crippen molar-refractivity contribution in [2.45, 2.75) is 6.18 Å². The number of alkyl halides is 3. The van der Waals surface area contributed by atoms with Gasteiger partial charge in [-0.05, 0) is 30.3 Å². The number of H-pyrrole nitrogens is 1. The number of nitrogens with one attached hydrogen (secondary N) is 1. The van der Waals surface area contributed by atoms with E-state index >= 15 is 0 Å². The topological polar surface area (TPSA) is 15.8 Å². The fraction of sp³-hybridized carbons (Fsp3) is 0.222. The Morgan fingerprint density at radius 2 is 1.60 bits per heavy atom. The first-order chi connectivity index (χ1) is 11.1. The van der Waals surface area contributed by atoms with E-state index in [1.165, 1.54) is 0 Å². The van der Waals surface area contributed by atoms with Crippen LogP contribution in [-0.2, 0) is 6.18 Å². The molecule has 0 fully saturated rings. The maximum absolute atomic E-state index is 12.9. The molecule has 0 aliphatic heterocycles. The van der Waals surface area contributed by atoms with Gasteiger partial charge < -0.3 is 4.98 Å². The van der Waals surface area contributed by atoms with Crippen LogP contribution in [0, 0.1) is 0 Å². The molecule has 0 atom stereocenters. The van der Waals surface area contributed by atoms with Gasteiger partial charge in [0.2, 0.25) is 0 Å². The number of hydrogen-bond acceptors (Lipinski definition) is 0. The summed E-state index contributed by atoms with van der Waals surface area (Å²) in [5.41, 5.74) is 2.27. The number of para-hydroxylation sites is 1. The molecule has 0 bridgehead atoms. The Labute approximate surface area is 155 Å². The molecule has 0 aliphatic carbocycles. The molecule has 1 N–H and O–H groups in total. The molecule has 1 heterocycles. The van der Waals surface area contributed by atoms with Gasteiger partial charge in [0.25, 0.3) is 0 Å². The van der Waals surface area contributed by atoms with Crippen LogP contribution in [0.4, 0.5) is 18.9 Å². The Balaban J connectivity index is 0.00000225. The van der Waals surface area contributed by atoms with Crippen molar-refractivity contribution in [2.24, 2.45) is 0 Å². The van der Waals surface area contributed by atoms with Crippen LogP contribution in [0.2, 0.25) is 5.02 Å². The van der Waals surface area contributed by atoms with E-state index in [1.54, 1.807) is 12.1 Å². The van der Waals surface area contributed by atoms with E-state index in [1.807, 2.05) is 45.4 Å². The number of hydrogen-bond donors (Lipinski definition) is 1. The smallest absolute Gasteiger partial charge is 0.351 e. The molecule has 25 heavy (non-hydrogen) atoms. The summed E-state index contributed by atoms with van der Waals surface area (Å²) < 4.78 is 39.3. The second kappa shape index (κ2) is 6.56. The number of nitrogens with zero attached hydrogens (tertiary/aromatic N) is 1. The minimum atomic E-state index is -4.41. The van der Waals surface area contributed by atoms with E-state index in [2.05, 4.69) is 4.98 Å². The zero-order chi connectivity index (χ0) is 17.7. The minimum Gasteiger partial charge on any atom is -0.351 e. The number of aromatic nitrogens is 1. The third-order valence-corrected chi connectivity index (χ3v) is 4.24. The summed E-state index contributed by atoms with van der Waals surface area (Å²) in [7, 11) is 6.09. The molecule has 1 aromatic heterocycles. The largest absolute Gasteiger partial charge is 0.431 e. The van der Waals surface area contributed by atoms with Gasteiger partial charge in [-0.2, -0.15) is 13.2 Å². The van der Waals surface area contributed by atoms with E-state index in [-0.39, 0.29) is 12.4 Å². The van der Waals surface area contributed by atoms with Crippen molar-refractivity contribution in [3.8, 4) is 11.1 Å². The van der Waals surface area contributed by atoms with Crippen LogP contribution in [0.5, 0.6) is 0 Å². The Hall–Kier alpha value is -1.69. The second-order valence-corrected chi connectivity index (χ2v) is 7.04. The Kier molecular flexibility index (Phi) is 5.15. The van der Waals surface area contributed by atoms with Crippen LogP contribution in [0.1, 0.15) is 5.69 Å². The van der Waals surface area contributed by atoms with E-state index in [0.717, 1.165) is 22.9 Å². The van der Waals surface area contributed by atoms with Crippen molar-refractivity contribution in [3.63, 3.8) is 0 Å². The summed E-state index contributed by atoms with van der Waals surface area (Å²) >= 11 is 6.38. The monoisotopic (exact) mass is 389 g/mol. The second-order valence-electron chi connectivity index (χ2n) is 6.63. The van der Waals surface area contributed by atoms with E-state index in [0.29, 0.717) is 20.4 Å². The average Bonchev–Trinajstić information content (AvgIpc) is 2.88. The molecule has 3 aromatic rings. The summed E-state index contributed by atoms with van der Waals surface area (Å²) in [6, 6.07) is 12.1. The standard InChI is InChI=1S/C18H17ClF3N2.ClH/c1-24(2,3)16-7-5-4-6-12(16)13-8-11-9-17(18(20,21)22)23-15(11)10-14(13)19;/h4-10,23H,1-3H3;1H/q+1;. The van der Waals surface area contributed by atoms with Gasteiger partial charge in [-0.15, -0.1) is 12.4 Å². The third kappa shape index (κ3) is 3.78. The molecule has 0 saturated carbocycles. The van der Waals surface area contributed by atoms with E-state index < -0.39 is 11.9 Å². The van der Waals surface area contributed by atoms with Crippen LogP contribution in [0.15, 0.2) is 42.5 Å². The highest BCUT2D eigenvalue weighted by molar-refractivity contribution is 6.34. The molecular formula is C18H18Cl2F3N2+. The summed E-state index contributed by atoms with van der Waals surface area (Å²) in [4.78, 5) is 2.39. The van der Waals surface area contributed by atoms with Crippen LogP contribution in [0.3, 0.4) is 0 Å². The van der Waals surface area contributed by atoms with Crippen LogP contribution in [-0.4, -0.2) is 26.1 Å². The number of quaternary nitrogens is 1. The first-order valence-electron chi connectivity index (χ1n) is 7.38. The molecule has 2 aromatic carbocycles. The predicted octanol–water partition coefficient (Wildman–Crippen LogP) is 6.13.